The molecular formula is C27H51N3O6Si2. The first kappa shape index (κ1) is 33.1. The molecule has 218 valence electrons. The first-order chi connectivity index (χ1) is 17.4. The van der Waals surface area contributed by atoms with Crippen LogP contribution in [0.25, 0.3) is 0 Å². The Morgan fingerprint density at radius 1 is 1.08 bits per heavy atom. The second-order valence-electron chi connectivity index (χ2n) is 13.3. The molecule has 1 saturated heterocycles. The smallest absolute Gasteiger partial charge is 0.351 e. The zero-order valence-corrected chi connectivity index (χ0v) is 27.9. The summed E-state index contributed by atoms with van der Waals surface area (Å²) < 4.78 is 31.5. The van der Waals surface area contributed by atoms with Gasteiger partial charge in [0, 0.05) is 6.20 Å². The van der Waals surface area contributed by atoms with Crippen LogP contribution in [0.4, 0.5) is 5.82 Å². The summed E-state index contributed by atoms with van der Waals surface area (Å²) in [5, 5.41) is 11.4. The highest BCUT2D eigenvalue weighted by Gasteiger charge is 2.54. The van der Waals surface area contributed by atoms with Gasteiger partial charge in [-0.2, -0.15) is 4.98 Å². The zero-order chi connectivity index (χ0) is 29.2. The van der Waals surface area contributed by atoms with E-state index in [9.17, 15) is 9.90 Å². The molecule has 2 rings (SSSR count). The maximum absolute atomic E-state index is 13.0. The molecule has 0 bridgehead atoms. The highest BCUT2D eigenvalue weighted by atomic mass is 28.4. The van der Waals surface area contributed by atoms with Crippen molar-refractivity contribution in [3.63, 3.8) is 0 Å². The molecule has 0 radical (unpaired) electrons. The maximum Gasteiger partial charge on any atom is 0.351 e. The molecule has 11 heteroatoms. The van der Waals surface area contributed by atoms with E-state index in [0.29, 0.717) is 22.4 Å². The van der Waals surface area contributed by atoms with Gasteiger partial charge in [-0.1, -0.05) is 62.3 Å². The van der Waals surface area contributed by atoms with Crippen molar-refractivity contribution in [2.75, 3.05) is 6.79 Å². The number of rotatable bonds is 11. The zero-order valence-electron chi connectivity index (χ0n) is 25.5. The molecule has 0 saturated carbocycles. The van der Waals surface area contributed by atoms with Crippen molar-refractivity contribution < 1.29 is 23.7 Å². The summed E-state index contributed by atoms with van der Waals surface area (Å²) in [4.78, 5) is 17.1. The lowest BCUT2D eigenvalue weighted by Crippen LogP contribution is -2.51. The van der Waals surface area contributed by atoms with Crippen LogP contribution in [0.2, 0.25) is 16.6 Å². The van der Waals surface area contributed by atoms with Gasteiger partial charge < -0.3 is 23.7 Å². The summed E-state index contributed by atoms with van der Waals surface area (Å²) >= 11 is 0. The van der Waals surface area contributed by atoms with Crippen LogP contribution in [-0.4, -0.2) is 69.8 Å². The van der Waals surface area contributed by atoms with Crippen LogP contribution < -0.4 is 5.69 Å². The highest BCUT2D eigenvalue weighted by molar-refractivity contribution is 6.77. The number of hydrogen-bond acceptors (Lipinski definition) is 8. The van der Waals surface area contributed by atoms with Crippen molar-refractivity contribution in [3.8, 4) is 0 Å². The average Bonchev–Trinajstić information content (AvgIpc) is 3.10. The standard InChI is InChI=1S/C27H51N3O6Si2/c1-16(2)38(17(3)4,18(5)6)34-15-33-22-20(36-27(10,11)12)21(23(31)26(7,8)9)35-24(22)30-14-13-19(29-37)28-25(30)32/h13-14,16-18,20-24,31H,15,37H2,1-12H3/t20-,21+,22-,23?,24-/m1/s1. The van der Waals surface area contributed by atoms with Gasteiger partial charge in [0.05, 0.1) is 21.7 Å². The molecule has 0 aromatic carbocycles. The van der Waals surface area contributed by atoms with Crippen molar-refractivity contribution in [3.05, 3.63) is 22.7 Å². The predicted molar refractivity (Wildman–Crippen MR) is 155 cm³/mol. The molecule has 9 nitrogen and oxygen atoms in total. The van der Waals surface area contributed by atoms with Gasteiger partial charge in [-0.3, -0.25) is 9.20 Å². The minimum atomic E-state index is -2.21. The fourth-order valence-corrected chi connectivity index (χ4v) is 11.2. The van der Waals surface area contributed by atoms with Gasteiger partial charge >= 0.3 is 5.69 Å². The Hall–Kier alpha value is -1.09. The van der Waals surface area contributed by atoms with Crippen LogP contribution >= 0.6 is 0 Å². The molecule has 1 unspecified atom stereocenters. The first-order valence-corrected chi connectivity index (χ1v) is 16.5. The summed E-state index contributed by atoms with van der Waals surface area (Å²) in [6.45, 7) is 25.1. The minimum Gasteiger partial charge on any atom is -0.394 e. The van der Waals surface area contributed by atoms with Gasteiger partial charge in [-0.15, -0.1) is 0 Å². The van der Waals surface area contributed by atoms with Crippen LogP contribution in [0.5, 0.6) is 0 Å². The van der Waals surface area contributed by atoms with E-state index in [1.165, 1.54) is 14.6 Å². The SMILES string of the molecule is CC(C)[Si](OCO[C@@H]1[C@H](OC(C)(C)C)[C@@H](C(O)C(C)(C)C)O[C@H]1n1ccc(N=[SiH2])nc1=O)(C(C)C)C(C)C. The van der Waals surface area contributed by atoms with Crippen LogP contribution in [0.15, 0.2) is 21.7 Å². The summed E-state index contributed by atoms with van der Waals surface area (Å²) in [5.41, 5.74) is -0.398. The number of aliphatic hydroxyl groups excluding tert-OH is 1. The van der Waals surface area contributed by atoms with Crippen molar-refractivity contribution in [1.82, 2.24) is 9.55 Å². The number of ether oxygens (including phenoxy) is 3. The maximum atomic E-state index is 13.0. The van der Waals surface area contributed by atoms with Crippen LogP contribution in [-0.2, 0) is 18.6 Å². The van der Waals surface area contributed by atoms with Gasteiger partial charge in [-0.25, -0.2) is 4.79 Å². The summed E-state index contributed by atoms with van der Waals surface area (Å²) in [6.07, 6.45) is -2.25. The van der Waals surface area contributed by atoms with Gasteiger partial charge in [0.25, 0.3) is 0 Å². The number of aliphatic hydroxyl groups is 1. The second-order valence-corrected chi connectivity index (χ2v) is 19.1. The third-order valence-corrected chi connectivity index (χ3v) is 13.8. The normalized spacial score (nSPS) is 24.0. The molecule has 0 spiro atoms. The summed E-state index contributed by atoms with van der Waals surface area (Å²) in [7, 11) is -0.836. The highest BCUT2D eigenvalue weighted by Crippen LogP contribution is 2.44. The van der Waals surface area contributed by atoms with Crippen molar-refractivity contribution >= 4 is 24.2 Å². The lowest BCUT2D eigenvalue weighted by molar-refractivity contribution is -0.164. The second kappa shape index (κ2) is 12.6. The van der Waals surface area contributed by atoms with Crippen molar-refractivity contribution in [2.45, 2.75) is 136 Å². The average molecular weight is 570 g/mol. The van der Waals surface area contributed by atoms with E-state index in [0.717, 1.165) is 0 Å². The van der Waals surface area contributed by atoms with Crippen molar-refractivity contribution in [1.29, 1.82) is 0 Å². The summed E-state index contributed by atoms with van der Waals surface area (Å²) in [6, 6.07) is 1.66. The first-order valence-electron chi connectivity index (χ1n) is 13.7. The van der Waals surface area contributed by atoms with E-state index >= 15 is 0 Å². The monoisotopic (exact) mass is 569 g/mol. The van der Waals surface area contributed by atoms with Gasteiger partial charge in [0.15, 0.2) is 6.23 Å². The molecule has 2 heterocycles. The van der Waals surface area contributed by atoms with E-state index in [2.05, 4.69) is 51.2 Å². The predicted octanol–water partition coefficient (Wildman–Crippen LogP) is 4.71. The van der Waals surface area contributed by atoms with Crippen LogP contribution in [0.1, 0.15) is 89.3 Å². The van der Waals surface area contributed by atoms with Gasteiger partial charge in [0.2, 0.25) is 8.32 Å². The lowest BCUT2D eigenvalue weighted by Gasteiger charge is -2.42. The molecule has 1 N–H and O–H groups in total. The molecule has 0 aliphatic carbocycles. The topological polar surface area (TPSA) is 104 Å². The van der Waals surface area contributed by atoms with E-state index in [1.807, 2.05) is 41.5 Å². The Balaban J connectivity index is 2.55. The lowest BCUT2D eigenvalue weighted by atomic mass is 9.83. The Morgan fingerprint density at radius 2 is 1.63 bits per heavy atom. The third-order valence-electron chi connectivity index (χ3n) is 7.44. The molecule has 38 heavy (non-hydrogen) atoms. The molecule has 1 aliphatic heterocycles. The molecule has 0 amide bonds. The Bertz CT molecular complexity index is 964. The molecule has 5 atom stereocenters. The van der Waals surface area contributed by atoms with Crippen LogP contribution in [0.3, 0.4) is 0 Å². The number of aromatic nitrogens is 2. The van der Waals surface area contributed by atoms with E-state index in [4.69, 9.17) is 18.6 Å². The van der Waals surface area contributed by atoms with E-state index in [1.54, 1.807) is 12.3 Å². The fraction of sp³-hybridized carbons (Fsp3) is 0.852. The third kappa shape index (κ3) is 7.35. The largest absolute Gasteiger partial charge is 0.394 e. The van der Waals surface area contributed by atoms with Crippen molar-refractivity contribution in [2.24, 2.45) is 10.0 Å². The van der Waals surface area contributed by atoms with Gasteiger partial charge in [0.1, 0.15) is 30.9 Å². The molecular weight excluding hydrogens is 518 g/mol. The summed E-state index contributed by atoms with van der Waals surface area (Å²) in [5.74, 6) is 0.346. The number of nitrogens with zero attached hydrogens (tertiary/aromatic N) is 3. The van der Waals surface area contributed by atoms with E-state index in [-0.39, 0.29) is 6.79 Å². The van der Waals surface area contributed by atoms with Crippen LogP contribution in [0, 0.1) is 5.41 Å². The molecule has 1 aromatic rings. The Morgan fingerprint density at radius 3 is 2.05 bits per heavy atom. The molecule has 1 aliphatic rings. The molecule has 1 aromatic heterocycles. The molecule has 1 fully saturated rings. The Labute approximate surface area is 232 Å². The Kier molecular flexibility index (Phi) is 11.0. The minimum absolute atomic E-state index is 0.0410. The fourth-order valence-electron chi connectivity index (χ4n) is 5.76. The van der Waals surface area contributed by atoms with E-state index < -0.39 is 55.7 Å². The number of hydrogen-bond donors (Lipinski definition) is 1. The van der Waals surface area contributed by atoms with Gasteiger partial charge in [-0.05, 0) is 48.9 Å². The quantitative estimate of drug-likeness (QED) is 0.304.